The minimum Gasteiger partial charge on any atom is -0.465 e. The van der Waals surface area contributed by atoms with Crippen molar-refractivity contribution in [2.24, 2.45) is 0 Å². The van der Waals surface area contributed by atoms with Gasteiger partial charge in [-0.25, -0.2) is 4.79 Å². The molecular formula is C25H27N3O4. The summed E-state index contributed by atoms with van der Waals surface area (Å²) in [4.78, 5) is 29.7. The maximum absolute atomic E-state index is 13.4. The molecule has 4 N–H and O–H groups in total. The number of aliphatic hydroxyl groups excluding tert-OH is 1. The number of rotatable bonds is 4. The minimum absolute atomic E-state index is 0.215. The van der Waals surface area contributed by atoms with E-state index in [2.05, 4.69) is 22.4 Å². The molecule has 2 atom stereocenters. The number of para-hydroxylation sites is 1. The number of aromatic nitrogens is 1. The number of likely N-dealkylation sites (tertiary alicyclic amines) is 1. The molecule has 2 amide bonds. The average molecular weight is 434 g/mol. The zero-order valence-electron chi connectivity index (χ0n) is 17.8. The van der Waals surface area contributed by atoms with E-state index in [4.69, 9.17) is 0 Å². The van der Waals surface area contributed by atoms with Crippen LogP contribution in [0.3, 0.4) is 0 Å². The monoisotopic (exact) mass is 433 g/mol. The molecule has 1 aromatic heterocycles. The van der Waals surface area contributed by atoms with Gasteiger partial charge in [0.15, 0.2) is 0 Å². The van der Waals surface area contributed by atoms with Crippen LogP contribution in [0.1, 0.15) is 29.5 Å². The van der Waals surface area contributed by atoms with E-state index in [0.717, 1.165) is 16.5 Å². The van der Waals surface area contributed by atoms with Crippen molar-refractivity contribution >= 4 is 22.9 Å². The van der Waals surface area contributed by atoms with Crippen molar-refractivity contribution in [3.8, 4) is 0 Å². The third kappa shape index (κ3) is 3.42. The standard InChI is InChI=1S/C25H27N3O4/c29-22-14-16-5-1-3-7-19(16)25(22)9-11-28(12-10-25)23(30)21(27-24(31)32)13-17-15-26-20-8-4-2-6-18(17)20/h1-8,15,21-22,26-27,29H,9-14H2,(H,31,32). The molecule has 2 aliphatic rings. The molecule has 7 nitrogen and oxygen atoms in total. The summed E-state index contributed by atoms with van der Waals surface area (Å²) < 4.78 is 0. The SMILES string of the molecule is O=C(O)NC(Cc1c[nH]c2ccccc12)C(=O)N1CCC2(CC1)c1ccccc1CC2O. The lowest BCUT2D eigenvalue weighted by molar-refractivity contribution is -0.135. The number of carbonyl (C=O) groups excluding carboxylic acids is 1. The van der Waals surface area contributed by atoms with Gasteiger partial charge in [-0.15, -0.1) is 0 Å². The lowest BCUT2D eigenvalue weighted by Crippen LogP contribution is -2.54. The zero-order valence-corrected chi connectivity index (χ0v) is 17.8. The number of aromatic amines is 1. The Kier molecular flexibility index (Phi) is 5.13. The maximum atomic E-state index is 13.4. The number of piperidine rings is 1. The first kappa shape index (κ1) is 20.6. The van der Waals surface area contributed by atoms with Gasteiger partial charge in [-0.1, -0.05) is 42.5 Å². The van der Waals surface area contributed by atoms with Crippen LogP contribution in [0.5, 0.6) is 0 Å². The van der Waals surface area contributed by atoms with E-state index in [-0.39, 0.29) is 17.7 Å². The second-order valence-corrected chi connectivity index (χ2v) is 8.92. The largest absolute Gasteiger partial charge is 0.465 e. The van der Waals surface area contributed by atoms with Crippen LogP contribution in [-0.2, 0) is 23.1 Å². The van der Waals surface area contributed by atoms with E-state index < -0.39 is 18.2 Å². The number of carbonyl (C=O) groups is 2. The molecule has 7 heteroatoms. The summed E-state index contributed by atoms with van der Waals surface area (Å²) in [6, 6.07) is 15.1. The number of H-pyrrole nitrogens is 1. The highest BCUT2D eigenvalue weighted by molar-refractivity contribution is 5.88. The summed E-state index contributed by atoms with van der Waals surface area (Å²) in [5.74, 6) is -0.215. The number of carboxylic acid groups (broad SMARTS) is 1. The van der Waals surface area contributed by atoms with Crippen molar-refractivity contribution in [2.75, 3.05) is 13.1 Å². The third-order valence-electron chi connectivity index (χ3n) is 7.27. The Morgan fingerprint density at radius 1 is 1.12 bits per heavy atom. The van der Waals surface area contributed by atoms with Gasteiger partial charge in [0.2, 0.25) is 5.91 Å². The van der Waals surface area contributed by atoms with Crippen LogP contribution in [0.25, 0.3) is 10.9 Å². The van der Waals surface area contributed by atoms with Crippen molar-refractivity contribution < 1.29 is 19.8 Å². The van der Waals surface area contributed by atoms with Crippen molar-refractivity contribution in [3.63, 3.8) is 0 Å². The lowest BCUT2D eigenvalue weighted by atomic mass is 9.72. The molecule has 32 heavy (non-hydrogen) atoms. The molecule has 0 saturated carbocycles. The third-order valence-corrected chi connectivity index (χ3v) is 7.27. The normalized spacial score (nSPS) is 20.3. The van der Waals surface area contributed by atoms with Crippen LogP contribution < -0.4 is 5.32 Å². The van der Waals surface area contributed by atoms with E-state index in [1.807, 2.05) is 42.6 Å². The number of fused-ring (bicyclic) bond motifs is 3. The van der Waals surface area contributed by atoms with Gasteiger partial charge in [-0.05, 0) is 42.0 Å². The highest BCUT2D eigenvalue weighted by atomic mass is 16.4. The fourth-order valence-corrected chi connectivity index (χ4v) is 5.59. The summed E-state index contributed by atoms with van der Waals surface area (Å²) in [5.41, 5.74) is 3.92. The zero-order chi connectivity index (χ0) is 22.3. The van der Waals surface area contributed by atoms with E-state index in [1.165, 1.54) is 11.1 Å². The summed E-state index contributed by atoms with van der Waals surface area (Å²) in [6.45, 7) is 0.992. The van der Waals surface area contributed by atoms with Crippen LogP contribution in [0.2, 0.25) is 0 Å². The topological polar surface area (TPSA) is 106 Å². The maximum Gasteiger partial charge on any atom is 0.405 e. The molecule has 1 fully saturated rings. The number of nitrogens with zero attached hydrogens (tertiary/aromatic N) is 1. The van der Waals surface area contributed by atoms with Crippen LogP contribution in [-0.4, -0.2) is 57.3 Å². The van der Waals surface area contributed by atoms with E-state index in [9.17, 15) is 19.8 Å². The van der Waals surface area contributed by atoms with E-state index in [0.29, 0.717) is 32.4 Å². The molecule has 0 radical (unpaired) electrons. The summed E-state index contributed by atoms with van der Waals surface area (Å²) in [6.07, 6.45) is 2.45. The fraction of sp³-hybridized carbons (Fsp3) is 0.360. The molecule has 2 unspecified atom stereocenters. The molecule has 0 bridgehead atoms. The van der Waals surface area contributed by atoms with Crippen molar-refractivity contribution in [1.82, 2.24) is 15.2 Å². The van der Waals surface area contributed by atoms with Gasteiger partial charge < -0.3 is 25.4 Å². The molecule has 3 aromatic rings. The molecule has 5 rings (SSSR count). The predicted molar refractivity (Wildman–Crippen MR) is 121 cm³/mol. The van der Waals surface area contributed by atoms with Gasteiger partial charge in [-0.2, -0.15) is 0 Å². The number of hydrogen-bond donors (Lipinski definition) is 4. The molecular weight excluding hydrogens is 406 g/mol. The van der Waals surface area contributed by atoms with Crippen molar-refractivity contribution in [2.45, 2.75) is 43.2 Å². The Balaban J connectivity index is 1.34. The number of amides is 2. The lowest BCUT2D eigenvalue weighted by Gasteiger charge is -2.43. The number of benzene rings is 2. The number of hydrogen-bond acceptors (Lipinski definition) is 3. The van der Waals surface area contributed by atoms with Gasteiger partial charge in [0.05, 0.1) is 6.10 Å². The van der Waals surface area contributed by atoms with Crippen LogP contribution in [0.4, 0.5) is 4.79 Å². The van der Waals surface area contributed by atoms with E-state index in [1.54, 1.807) is 4.90 Å². The van der Waals surface area contributed by atoms with E-state index >= 15 is 0 Å². The molecule has 166 valence electrons. The van der Waals surface area contributed by atoms with Crippen molar-refractivity contribution in [1.29, 1.82) is 0 Å². The molecule has 1 aliphatic heterocycles. The summed E-state index contributed by atoms with van der Waals surface area (Å²) in [5, 5.41) is 23.6. The summed E-state index contributed by atoms with van der Waals surface area (Å²) >= 11 is 0. The Morgan fingerprint density at radius 3 is 2.62 bits per heavy atom. The molecule has 2 aromatic carbocycles. The van der Waals surface area contributed by atoms with Gasteiger partial charge in [0.1, 0.15) is 6.04 Å². The second kappa shape index (κ2) is 7.98. The molecule has 1 spiro atoms. The Bertz CT molecular complexity index is 1160. The Hall–Kier alpha value is -3.32. The molecule has 1 saturated heterocycles. The average Bonchev–Trinajstić information content (AvgIpc) is 3.32. The van der Waals surface area contributed by atoms with Gasteiger partial charge in [-0.3, -0.25) is 4.79 Å². The highest BCUT2D eigenvalue weighted by Gasteiger charge is 2.48. The molecule has 1 aliphatic carbocycles. The highest BCUT2D eigenvalue weighted by Crippen LogP contribution is 2.46. The Labute approximate surface area is 186 Å². The van der Waals surface area contributed by atoms with Gasteiger partial charge in [0.25, 0.3) is 0 Å². The molecule has 2 heterocycles. The second-order valence-electron chi connectivity index (χ2n) is 8.92. The summed E-state index contributed by atoms with van der Waals surface area (Å²) in [7, 11) is 0. The number of aliphatic hydroxyl groups is 1. The van der Waals surface area contributed by atoms with Crippen molar-refractivity contribution in [3.05, 3.63) is 71.4 Å². The minimum atomic E-state index is -1.21. The van der Waals surface area contributed by atoms with Crippen LogP contribution in [0.15, 0.2) is 54.7 Å². The quantitative estimate of drug-likeness (QED) is 0.508. The smallest absolute Gasteiger partial charge is 0.405 e. The first-order valence-corrected chi connectivity index (χ1v) is 11.1. The predicted octanol–water partition coefficient (Wildman–Crippen LogP) is 2.82. The first-order chi connectivity index (χ1) is 15.5. The van der Waals surface area contributed by atoms with Gasteiger partial charge in [0, 0.05) is 42.0 Å². The van der Waals surface area contributed by atoms with Gasteiger partial charge >= 0.3 is 6.09 Å². The first-order valence-electron chi connectivity index (χ1n) is 11.1. The fourth-order valence-electron chi connectivity index (χ4n) is 5.59. The van der Waals surface area contributed by atoms with Crippen LogP contribution in [0, 0.1) is 0 Å². The Morgan fingerprint density at radius 2 is 1.84 bits per heavy atom. The number of nitrogens with one attached hydrogen (secondary N) is 2. The van der Waals surface area contributed by atoms with Crippen LogP contribution >= 0.6 is 0 Å².